The second-order valence-electron chi connectivity index (χ2n) is 6.92. The van der Waals surface area contributed by atoms with Crippen LogP contribution in [0.4, 0.5) is 36.2 Å². The van der Waals surface area contributed by atoms with Gasteiger partial charge in [-0.25, -0.2) is 23.1 Å². The van der Waals surface area contributed by atoms with E-state index in [1.54, 1.807) is 6.07 Å². The predicted octanol–water partition coefficient (Wildman–Crippen LogP) is 4.27. The number of nitrogens with one attached hydrogen (secondary N) is 1. The Balaban J connectivity index is 1.45. The highest BCUT2D eigenvalue weighted by Crippen LogP contribution is 2.25. The van der Waals surface area contributed by atoms with Crippen molar-refractivity contribution in [3.8, 4) is 0 Å². The van der Waals surface area contributed by atoms with Gasteiger partial charge in [0.05, 0.1) is 5.69 Å². The first-order chi connectivity index (χ1) is 14.0. The molecule has 0 bridgehead atoms. The Hall–Kier alpha value is -3.29. The summed E-state index contributed by atoms with van der Waals surface area (Å²) in [4.78, 5) is 12.8. The van der Waals surface area contributed by atoms with Gasteiger partial charge in [-0.05, 0) is 36.8 Å². The number of aryl methyl sites for hydroxylation is 1. The van der Waals surface area contributed by atoms with Crippen LogP contribution in [0.15, 0.2) is 48.8 Å². The predicted molar refractivity (Wildman–Crippen MR) is 107 cm³/mol. The van der Waals surface area contributed by atoms with E-state index in [0.29, 0.717) is 11.6 Å². The van der Waals surface area contributed by atoms with Gasteiger partial charge in [-0.15, -0.1) is 0 Å². The molecule has 0 unspecified atom stereocenters. The molecule has 0 aliphatic carbocycles. The second-order valence-corrected chi connectivity index (χ2v) is 6.92. The van der Waals surface area contributed by atoms with Crippen molar-refractivity contribution in [3.63, 3.8) is 0 Å². The maximum Gasteiger partial charge on any atom is 0.196 e. The molecule has 0 amide bonds. The fourth-order valence-electron chi connectivity index (χ4n) is 3.37. The lowest BCUT2D eigenvalue weighted by Crippen LogP contribution is -2.46. The number of nitrogens with zero attached hydrogens (tertiary/aromatic N) is 4. The molecule has 0 spiro atoms. The minimum atomic E-state index is -1.52. The maximum atomic E-state index is 13.9. The van der Waals surface area contributed by atoms with Gasteiger partial charge in [-0.2, -0.15) is 0 Å². The lowest BCUT2D eigenvalue weighted by atomic mass is 10.2. The van der Waals surface area contributed by atoms with Crippen LogP contribution in [0.1, 0.15) is 5.56 Å². The van der Waals surface area contributed by atoms with Crippen molar-refractivity contribution < 1.29 is 13.2 Å². The molecule has 0 saturated carbocycles. The molecule has 1 aromatic heterocycles. The molecular weight excluding hydrogens is 379 g/mol. The summed E-state index contributed by atoms with van der Waals surface area (Å²) in [5.41, 5.74) is 2.24. The third kappa shape index (κ3) is 4.11. The normalized spacial score (nSPS) is 14.2. The monoisotopic (exact) mass is 399 g/mol. The van der Waals surface area contributed by atoms with Crippen LogP contribution in [-0.4, -0.2) is 36.1 Å². The minimum absolute atomic E-state index is 0.183. The summed E-state index contributed by atoms with van der Waals surface area (Å²) in [5, 5.41) is 2.69. The Labute approximate surface area is 166 Å². The summed E-state index contributed by atoms with van der Waals surface area (Å²) in [7, 11) is 0. The number of rotatable bonds is 4. The summed E-state index contributed by atoms with van der Waals surface area (Å²) in [6, 6.07) is 12.1. The summed E-state index contributed by atoms with van der Waals surface area (Å²) in [5.74, 6) is -3.04. The van der Waals surface area contributed by atoms with Crippen LogP contribution in [0.3, 0.4) is 0 Å². The molecule has 29 heavy (non-hydrogen) atoms. The summed E-state index contributed by atoms with van der Waals surface area (Å²) >= 11 is 0. The zero-order valence-electron chi connectivity index (χ0n) is 15.9. The molecule has 1 fully saturated rings. The highest BCUT2D eigenvalue weighted by atomic mass is 19.2. The van der Waals surface area contributed by atoms with Crippen molar-refractivity contribution in [2.24, 2.45) is 0 Å². The van der Waals surface area contributed by atoms with Crippen molar-refractivity contribution in [1.82, 2.24) is 9.97 Å². The zero-order chi connectivity index (χ0) is 20.4. The number of hydrogen-bond acceptors (Lipinski definition) is 5. The van der Waals surface area contributed by atoms with Gasteiger partial charge in [0.1, 0.15) is 18.0 Å². The van der Waals surface area contributed by atoms with Gasteiger partial charge in [0.15, 0.2) is 17.5 Å². The second kappa shape index (κ2) is 7.98. The molecule has 4 rings (SSSR count). The standard InChI is InChI=1S/C21H20F3N5/c1-14-3-2-4-15(11-14)28-7-9-29(10-8-28)19-12-18(25-13-26-19)27-17-6-5-16(22)20(23)21(17)24/h2-6,11-13H,7-10H2,1H3,(H,25,26,27). The Morgan fingerprint density at radius 1 is 0.862 bits per heavy atom. The fourth-order valence-corrected chi connectivity index (χ4v) is 3.37. The van der Waals surface area contributed by atoms with Gasteiger partial charge in [0.25, 0.3) is 0 Å². The summed E-state index contributed by atoms with van der Waals surface area (Å²) in [6.07, 6.45) is 1.36. The first-order valence-electron chi connectivity index (χ1n) is 9.30. The van der Waals surface area contributed by atoms with E-state index in [2.05, 4.69) is 56.3 Å². The maximum absolute atomic E-state index is 13.9. The molecule has 2 heterocycles. The number of aromatic nitrogens is 2. The molecule has 150 valence electrons. The quantitative estimate of drug-likeness (QED) is 0.664. The fraction of sp³-hybridized carbons (Fsp3) is 0.238. The average molecular weight is 399 g/mol. The number of piperazine rings is 1. The molecule has 2 aromatic carbocycles. The molecule has 1 aliphatic rings. The summed E-state index contributed by atoms with van der Waals surface area (Å²) in [6.45, 7) is 5.29. The van der Waals surface area contributed by atoms with E-state index in [1.807, 2.05) is 0 Å². The van der Waals surface area contributed by atoms with Gasteiger partial charge >= 0.3 is 0 Å². The summed E-state index contributed by atoms with van der Waals surface area (Å²) < 4.78 is 40.4. The molecule has 1 saturated heterocycles. The van der Waals surface area contributed by atoms with Crippen molar-refractivity contribution >= 4 is 23.0 Å². The van der Waals surface area contributed by atoms with Crippen LogP contribution in [0, 0.1) is 24.4 Å². The smallest absolute Gasteiger partial charge is 0.196 e. The van der Waals surface area contributed by atoms with Gasteiger partial charge in [0.2, 0.25) is 0 Å². The average Bonchev–Trinajstić information content (AvgIpc) is 2.74. The molecule has 5 nitrogen and oxygen atoms in total. The zero-order valence-corrected chi connectivity index (χ0v) is 15.9. The van der Waals surface area contributed by atoms with Crippen molar-refractivity contribution in [1.29, 1.82) is 0 Å². The first-order valence-corrected chi connectivity index (χ1v) is 9.30. The van der Waals surface area contributed by atoms with Crippen LogP contribution in [0.5, 0.6) is 0 Å². The van der Waals surface area contributed by atoms with Crippen LogP contribution in [0.2, 0.25) is 0 Å². The third-order valence-corrected chi connectivity index (χ3v) is 4.92. The Morgan fingerprint density at radius 3 is 2.38 bits per heavy atom. The molecular formula is C21H20F3N5. The van der Waals surface area contributed by atoms with E-state index in [0.717, 1.165) is 38.3 Å². The van der Waals surface area contributed by atoms with Gasteiger partial charge in [0, 0.05) is 37.9 Å². The highest BCUT2D eigenvalue weighted by Gasteiger charge is 2.19. The Bertz CT molecular complexity index is 1020. The van der Waals surface area contributed by atoms with Gasteiger partial charge < -0.3 is 15.1 Å². The number of anilines is 4. The van der Waals surface area contributed by atoms with Crippen LogP contribution < -0.4 is 15.1 Å². The first kappa shape index (κ1) is 19.0. The van der Waals surface area contributed by atoms with E-state index in [1.165, 1.54) is 17.6 Å². The van der Waals surface area contributed by atoms with E-state index >= 15 is 0 Å². The third-order valence-electron chi connectivity index (χ3n) is 4.92. The van der Waals surface area contributed by atoms with Gasteiger partial charge in [-0.1, -0.05) is 12.1 Å². The minimum Gasteiger partial charge on any atom is -0.368 e. The number of hydrogen-bond donors (Lipinski definition) is 1. The van der Waals surface area contributed by atoms with Crippen molar-refractivity contribution in [2.75, 3.05) is 41.3 Å². The van der Waals surface area contributed by atoms with Crippen molar-refractivity contribution in [2.45, 2.75) is 6.92 Å². The molecule has 0 atom stereocenters. The number of benzene rings is 2. The van der Waals surface area contributed by atoms with Crippen LogP contribution in [-0.2, 0) is 0 Å². The lowest BCUT2D eigenvalue weighted by molar-refractivity contribution is 0.449. The Morgan fingerprint density at radius 2 is 1.62 bits per heavy atom. The lowest BCUT2D eigenvalue weighted by Gasteiger charge is -2.36. The van der Waals surface area contributed by atoms with Crippen molar-refractivity contribution in [3.05, 3.63) is 71.8 Å². The van der Waals surface area contributed by atoms with E-state index in [9.17, 15) is 13.2 Å². The molecule has 0 radical (unpaired) electrons. The Kier molecular flexibility index (Phi) is 5.24. The molecule has 1 N–H and O–H groups in total. The van der Waals surface area contributed by atoms with Crippen LogP contribution in [0.25, 0.3) is 0 Å². The molecule has 3 aromatic rings. The largest absolute Gasteiger partial charge is 0.368 e. The van der Waals surface area contributed by atoms with Gasteiger partial charge in [-0.3, -0.25) is 0 Å². The van der Waals surface area contributed by atoms with E-state index < -0.39 is 17.5 Å². The topological polar surface area (TPSA) is 44.3 Å². The molecule has 1 aliphatic heterocycles. The van der Waals surface area contributed by atoms with E-state index in [-0.39, 0.29) is 5.69 Å². The number of halogens is 3. The SMILES string of the molecule is Cc1cccc(N2CCN(c3cc(Nc4ccc(F)c(F)c4F)ncn3)CC2)c1. The molecule has 8 heteroatoms. The van der Waals surface area contributed by atoms with Crippen LogP contribution >= 0.6 is 0 Å². The van der Waals surface area contributed by atoms with E-state index in [4.69, 9.17) is 0 Å². The highest BCUT2D eigenvalue weighted by molar-refractivity contribution is 5.60.